The first kappa shape index (κ1) is 9.02. The molecule has 0 N–H and O–H groups in total. The van der Waals surface area contributed by atoms with Crippen LogP contribution in [-0.4, -0.2) is 17.7 Å². The van der Waals surface area contributed by atoms with Gasteiger partial charge in [-0.2, -0.15) is 0 Å². The standard InChI is InChI=1S/C11H16ClNO/c12-6-9-5-11(13-14-9)10-4-7-1-2-8(10)3-7/h7-10H,1-6H2. The van der Waals surface area contributed by atoms with Crippen molar-refractivity contribution in [3.63, 3.8) is 0 Å². The zero-order chi connectivity index (χ0) is 9.54. The van der Waals surface area contributed by atoms with Crippen LogP contribution >= 0.6 is 11.6 Å². The molecule has 0 amide bonds. The SMILES string of the molecule is ClCC1CC(C2CC3CCC2C3)=NO1. The van der Waals surface area contributed by atoms with Crippen molar-refractivity contribution in [1.82, 2.24) is 0 Å². The number of alkyl halides is 1. The molecule has 1 heterocycles. The molecule has 2 saturated carbocycles. The molecule has 0 radical (unpaired) electrons. The Kier molecular flexibility index (Phi) is 2.19. The third-order valence-corrected chi connectivity index (χ3v) is 4.44. The monoisotopic (exact) mass is 213 g/mol. The maximum atomic E-state index is 5.76. The van der Waals surface area contributed by atoms with Crippen LogP contribution in [0.25, 0.3) is 0 Å². The number of oxime groups is 1. The first-order chi connectivity index (χ1) is 6.86. The summed E-state index contributed by atoms with van der Waals surface area (Å²) in [6.45, 7) is 0. The highest BCUT2D eigenvalue weighted by Crippen LogP contribution is 2.49. The maximum Gasteiger partial charge on any atom is 0.146 e. The van der Waals surface area contributed by atoms with Crippen LogP contribution in [0.3, 0.4) is 0 Å². The second-order valence-electron chi connectivity index (χ2n) is 4.95. The zero-order valence-corrected chi connectivity index (χ0v) is 9.04. The number of halogens is 1. The minimum atomic E-state index is 0.158. The summed E-state index contributed by atoms with van der Waals surface area (Å²) in [5.74, 6) is 3.22. The summed E-state index contributed by atoms with van der Waals surface area (Å²) in [6, 6.07) is 0. The Morgan fingerprint density at radius 2 is 2.29 bits per heavy atom. The third-order valence-electron chi connectivity index (χ3n) is 4.09. The fraction of sp³-hybridized carbons (Fsp3) is 0.909. The van der Waals surface area contributed by atoms with Gasteiger partial charge in [-0.1, -0.05) is 11.6 Å². The van der Waals surface area contributed by atoms with Crippen LogP contribution in [0.1, 0.15) is 32.1 Å². The van der Waals surface area contributed by atoms with Gasteiger partial charge in [-0.05, 0) is 31.1 Å². The highest BCUT2D eigenvalue weighted by atomic mass is 35.5. The van der Waals surface area contributed by atoms with Gasteiger partial charge in [0.25, 0.3) is 0 Å². The van der Waals surface area contributed by atoms with E-state index >= 15 is 0 Å². The molecular weight excluding hydrogens is 198 g/mol. The topological polar surface area (TPSA) is 21.6 Å². The molecule has 4 atom stereocenters. The molecule has 0 spiro atoms. The average Bonchev–Trinajstić information content (AvgIpc) is 2.93. The van der Waals surface area contributed by atoms with Gasteiger partial charge in [-0.15, -0.1) is 11.6 Å². The van der Waals surface area contributed by atoms with E-state index in [-0.39, 0.29) is 6.10 Å². The van der Waals surface area contributed by atoms with Gasteiger partial charge in [0.05, 0.1) is 11.6 Å². The lowest BCUT2D eigenvalue weighted by Gasteiger charge is -2.20. The molecule has 0 aromatic carbocycles. The van der Waals surface area contributed by atoms with Gasteiger partial charge in [-0.25, -0.2) is 0 Å². The average molecular weight is 214 g/mol. The quantitative estimate of drug-likeness (QED) is 0.647. The summed E-state index contributed by atoms with van der Waals surface area (Å²) in [7, 11) is 0. The van der Waals surface area contributed by atoms with E-state index in [9.17, 15) is 0 Å². The van der Waals surface area contributed by atoms with Gasteiger partial charge in [-0.3, -0.25) is 0 Å². The lowest BCUT2D eigenvalue weighted by atomic mass is 9.84. The van der Waals surface area contributed by atoms with E-state index in [1.54, 1.807) is 0 Å². The molecule has 2 nitrogen and oxygen atoms in total. The summed E-state index contributed by atoms with van der Waals surface area (Å²) in [6.07, 6.45) is 6.81. The first-order valence-corrected chi connectivity index (χ1v) is 6.19. The van der Waals surface area contributed by atoms with E-state index in [4.69, 9.17) is 16.4 Å². The van der Waals surface area contributed by atoms with Gasteiger partial charge in [0.2, 0.25) is 0 Å². The molecule has 0 aromatic rings. The van der Waals surface area contributed by atoms with Crippen LogP contribution in [0, 0.1) is 17.8 Å². The second kappa shape index (κ2) is 3.41. The molecule has 4 unspecified atom stereocenters. The van der Waals surface area contributed by atoms with Gasteiger partial charge in [0.1, 0.15) is 6.10 Å². The second-order valence-corrected chi connectivity index (χ2v) is 5.26. The molecule has 2 aliphatic carbocycles. The highest BCUT2D eigenvalue weighted by Gasteiger charge is 2.43. The van der Waals surface area contributed by atoms with Gasteiger partial charge in [0, 0.05) is 12.3 Å². The Morgan fingerprint density at radius 1 is 1.36 bits per heavy atom. The van der Waals surface area contributed by atoms with Crippen molar-refractivity contribution in [2.75, 3.05) is 5.88 Å². The summed E-state index contributed by atoms with van der Waals surface area (Å²) >= 11 is 5.76. The zero-order valence-electron chi connectivity index (χ0n) is 8.29. The Hall–Kier alpha value is -0.240. The molecule has 2 fully saturated rings. The van der Waals surface area contributed by atoms with E-state index in [2.05, 4.69) is 5.16 Å². The van der Waals surface area contributed by atoms with Crippen LogP contribution in [0.4, 0.5) is 0 Å². The van der Waals surface area contributed by atoms with Crippen molar-refractivity contribution >= 4 is 17.3 Å². The van der Waals surface area contributed by atoms with Crippen molar-refractivity contribution in [2.24, 2.45) is 22.9 Å². The number of rotatable bonds is 2. The minimum Gasteiger partial charge on any atom is -0.391 e. The molecular formula is C11H16ClNO. The van der Waals surface area contributed by atoms with E-state index < -0.39 is 0 Å². The predicted octanol–water partition coefficient (Wildman–Crippen LogP) is 2.81. The van der Waals surface area contributed by atoms with Crippen LogP contribution in [-0.2, 0) is 4.84 Å². The highest BCUT2D eigenvalue weighted by molar-refractivity contribution is 6.18. The molecule has 2 bridgehead atoms. The number of hydrogen-bond donors (Lipinski definition) is 0. The van der Waals surface area contributed by atoms with Crippen LogP contribution < -0.4 is 0 Å². The van der Waals surface area contributed by atoms with Crippen molar-refractivity contribution < 1.29 is 4.84 Å². The third kappa shape index (κ3) is 1.35. The molecule has 14 heavy (non-hydrogen) atoms. The molecule has 1 aliphatic heterocycles. The lowest BCUT2D eigenvalue weighted by molar-refractivity contribution is 0.102. The summed E-state index contributed by atoms with van der Waals surface area (Å²) in [4.78, 5) is 5.29. The normalized spacial score (nSPS) is 45.4. The summed E-state index contributed by atoms with van der Waals surface area (Å²) in [5, 5.41) is 4.22. The first-order valence-electron chi connectivity index (χ1n) is 5.65. The van der Waals surface area contributed by atoms with Crippen LogP contribution in [0.5, 0.6) is 0 Å². The van der Waals surface area contributed by atoms with Crippen LogP contribution in [0.15, 0.2) is 5.16 Å². The number of nitrogens with zero attached hydrogens (tertiary/aromatic N) is 1. The molecule has 78 valence electrons. The Balaban J connectivity index is 1.67. The predicted molar refractivity (Wildman–Crippen MR) is 56.6 cm³/mol. The van der Waals surface area contributed by atoms with Crippen molar-refractivity contribution in [3.8, 4) is 0 Å². The van der Waals surface area contributed by atoms with Gasteiger partial charge < -0.3 is 4.84 Å². The minimum absolute atomic E-state index is 0.158. The van der Waals surface area contributed by atoms with Crippen molar-refractivity contribution in [2.45, 2.75) is 38.2 Å². The Bertz CT molecular complexity index is 266. The maximum absolute atomic E-state index is 5.76. The number of fused-ring (bicyclic) bond motifs is 2. The van der Waals surface area contributed by atoms with Crippen molar-refractivity contribution in [3.05, 3.63) is 0 Å². The van der Waals surface area contributed by atoms with E-state index in [0.29, 0.717) is 5.88 Å². The Morgan fingerprint density at radius 3 is 2.86 bits per heavy atom. The smallest absolute Gasteiger partial charge is 0.146 e. The largest absolute Gasteiger partial charge is 0.391 e. The lowest BCUT2D eigenvalue weighted by Crippen LogP contribution is -2.21. The fourth-order valence-electron chi connectivity index (χ4n) is 3.40. The number of hydrogen-bond acceptors (Lipinski definition) is 2. The van der Waals surface area contributed by atoms with Crippen LogP contribution in [0.2, 0.25) is 0 Å². The molecule has 0 aromatic heterocycles. The fourth-order valence-corrected chi connectivity index (χ4v) is 3.57. The molecule has 3 heteroatoms. The molecule has 0 saturated heterocycles. The summed E-state index contributed by atoms with van der Waals surface area (Å²) in [5.41, 5.74) is 1.31. The Labute approximate surface area is 89.6 Å². The van der Waals surface area contributed by atoms with Gasteiger partial charge in [0.15, 0.2) is 0 Å². The molecule has 3 rings (SSSR count). The van der Waals surface area contributed by atoms with E-state index in [1.807, 2.05) is 0 Å². The van der Waals surface area contributed by atoms with E-state index in [0.717, 1.165) is 24.2 Å². The summed E-state index contributed by atoms with van der Waals surface area (Å²) < 4.78 is 0. The molecule has 3 aliphatic rings. The van der Waals surface area contributed by atoms with Gasteiger partial charge >= 0.3 is 0 Å². The van der Waals surface area contributed by atoms with Crippen molar-refractivity contribution in [1.29, 1.82) is 0 Å². The van der Waals surface area contributed by atoms with E-state index in [1.165, 1.54) is 31.4 Å².